The van der Waals surface area contributed by atoms with Crippen molar-refractivity contribution in [2.75, 3.05) is 33.9 Å². The summed E-state index contributed by atoms with van der Waals surface area (Å²) >= 11 is 0. The summed E-state index contributed by atoms with van der Waals surface area (Å²) in [5, 5.41) is 6.84. The van der Waals surface area contributed by atoms with Crippen molar-refractivity contribution in [3.63, 3.8) is 0 Å². The SMILES string of the molecule is CC[C@H](C)N(Cc1nc2c(ccc3cc4c(cc32)OCc2cc(-c3cnc(C5CCN5C(=O)CNC(=O)OC)[nH]3)ccc2-4)[nH]1)C(=O)CNC(=O)OC. The van der Waals surface area contributed by atoms with Gasteiger partial charge in [0.15, 0.2) is 0 Å². The number of aromatic amines is 2. The summed E-state index contributed by atoms with van der Waals surface area (Å²) in [5.41, 5.74) is 6.51. The minimum atomic E-state index is -0.659. The highest BCUT2D eigenvalue weighted by atomic mass is 16.5. The van der Waals surface area contributed by atoms with E-state index in [-0.39, 0.29) is 43.5 Å². The summed E-state index contributed by atoms with van der Waals surface area (Å²) in [4.78, 5) is 68.3. The van der Waals surface area contributed by atoms with E-state index in [9.17, 15) is 19.2 Å². The number of methoxy groups -OCH3 is 2. The maximum absolute atomic E-state index is 13.0. The summed E-state index contributed by atoms with van der Waals surface area (Å²) in [6.45, 7) is 4.90. The zero-order valence-corrected chi connectivity index (χ0v) is 29.4. The topological polar surface area (TPSA) is 184 Å². The van der Waals surface area contributed by atoms with Crippen molar-refractivity contribution in [1.29, 1.82) is 0 Å². The molecule has 0 saturated carbocycles. The van der Waals surface area contributed by atoms with E-state index < -0.39 is 12.2 Å². The van der Waals surface area contributed by atoms with Gasteiger partial charge in [0.05, 0.1) is 49.7 Å². The van der Waals surface area contributed by atoms with E-state index in [4.69, 9.17) is 9.72 Å². The molecule has 4 N–H and O–H groups in total. The lowest BCUT2D eigenvalue weighted by atomic mass is 9.92. The molecule has 1 fully saturated rings. The van der Waals surface area contributed by atoms with E-state index in [0.717, 1.165) is 68.3 Å². The molecule has 7 rings (SSSR count). The molecule has 3 aromatic carbocycles. The molecule has 15 nitrogen and oxygen atoms in total. The van der Waals surface area contributed by atoms with Crippen LogP contribution in [0.15, 0.2) is 48.7 Å². The van der Waals surface area contributed by atoms with Gasteiger partial charge < -0.3 is 44.6 Å². The number of aromatic nitrogens is 4. The van der Waals surface area contributed by atoms with Crippen LogP contribution in [-0.2, 0) is 32.2 Å². The number of imidazole rings is 2. The van der Waals surface area contributed by atoms with E-state index in [1.165, 1.54) is 14.2 Å². The molecular formula is C37H40N8O7. The van der Waals surface area contributed by atoms with Gasteiger partial charge in [0.2, 0.25) is 11.8 Å². The van der Waals surface area contributed by atoms with Gasteiger partial charge in [0.25, 0.3) is 0 Å². The van der Waals surface area contributed by atoms with Gasteiger partial charge in [0.1, 0.15) is 37.1 Å². The molecular weight excluding hydrogens is 668 g/mol. The zero-order chi connectivity index (χ0) is 36.5. The largest absolute Gasteiger partial charge is 0.488 e. The Morgan fingerprint density at radius 3 is 2.54 bits per heavy atom. The number of ether oxygens (including phenoxy) is 3. The van der Waals surface area contributed by atoms with Crippen LogP contribution >= 0.6 is 0 Å². The molecule has 2 atom stereocenters. The first kappa shape index (κ1) is 34.3. The number of H-pyrrole nitrogens is 2. The number of carbonyl (C=O) groups excluding carboxylic acids is 4. The average Bonchev–Trinajstić information content (AvgIpc) is 3.80. The molecule has 270 valence electrons. The molecule has 0 radical (unpaired) electrons. The molecule has 4 amide bonds. The van der Waals surface area contributed by atoms with E-state index >= 15 is 0 Å². The van der Waals surface area contributed by atoms with Crippen molar-refractivity contribution >= 4 is 45.8 Å². The fraction of sp³-hybridized carbons (Fsp3) is 0.351. The predicted molar refractivity (Wildman–Crippen MR) is 191 cm³/mol. The first-order valence-electron chi connectivity index (χ1n) is 17.2. The molecule has 2 aliphatic rings. The second-order valence-electron chi connectivity index (χ2n) is 12.9. The second-order valence-corrected chi connectivity index (χ2v) is 12.9. The number of hydrogen-bond acceptors (Lipinski definition) is 9. The number of nitrogens with one attached hydrogen (secondary N) is 4. The molecule has 5 aromatic rings. The number of nitrogens with zero attached hydrogens (tertiary/aromatic N) is 4. The van der Waals surface area contributed by atoms with Crippen molar-refractivity contribution in [2.45, 2.75) is 51.9 Å². The Labute approximate surface area is 299 Å². The van der Waals surface area contributed by atoms with Gasteiger partial charge in [-0.05, 0) is 66.1 Å². The summed E-state index contributed by atoms with van der Waals surface area (Å²) < 4.78 is 15.5. The predicted octanol–water partition coefficient (Wildman–Crippen LogP) is 4.78. The highest BCUT2D eigenvalue weighted by Gasteiger charge is 2.35. The number of amides is 4. The van der Waals surface area contributed by atoms with Gasteiger partial charge in [-0.3, -0.25) is 9.59 Å². The lowest BCUT2D eigenvalue weighted by Crippen LogP contribution is -2.49. The van der Waals surface area contributed by atoms with Crippen LogP contribution in [0.25, 0.3) is 44.2 Å². The Hall–Kier alpha value is -6.12. The smallest absolute Gasteiger partial charge is 0.407 e. The highest BCUT2D eigenvalue weighted by Crippen LogP contribution is 2.43. The maximum Gasteiger partial charge on any atom is 0.407 e. The Kier molecular flexibility index (Phi) is 9.41. The molecule has 2 aromatic heterocycles. The van der Waals surface area contributed by atoms with Crippen LogP contribution in [0.2, 0.25) is 0 Å². The van der Waals surface area contributed by atoms with E-state index in [0.29, 0.717) is 24.8 Å². The van der Waals surface area contributed by atoms with Gasteiger partial charge in [0, 0.05) is 23.5 Å². The fourth-order valence-electron chi connectivity index (χ4n) is 6.72. The van der Waals surface area contributed by atoms with Gasteiger partial charge in [-0.1, -0.05) is 25.1 Å². The van der Waals surface area contributed by atoms with Crippen LogP contribution in [0.5, 0.6) is 5.75 Å². The van der Waals surface area contributed by atoms with Crippen LogP contribution in [0.1, 0.15) is 49.9 Å². The van der Waals surface area contributed by atoms with E-state index in [2.05, 4.69) is 53.3 Å². The van der Waals surface area contributed by atoms with Crippen molar-refractivity contribution in [3.05, 3.63) is 65.9 Å². The second kappa shape index (κ2) is 14.2. The van der Waals surface area contributed by atoms with Crippen molar-refractivity contribution in [2.24, 2.45) is 0 Å². The number of benzene rings is 3. The Balaban J connectivity index is 1.10. The van der Waals surface area contributed by atoms with Gasteiger partial charge >= 0.3 is 12.2 Å². The lowest BCUT2D eigenvalue weighted by Gasteiger charge is -2.39. The van der Waals surface area contributed by atoms with Crippen molar-refractivity contribution in [3.8, 4) is 28.1 Å². The third-order valence-electron chi connectivity index (χ3n) is 9.86. The minimum Gasteiger partial charge on any atom is -0.488 e. The quantitative estimate of drug-likeness (QED) is 0.159. The van der Waals surface area contributed by atoms with Gasteiger partial charge in [-0.2, -0.15) is 0 Å². The van der Waals surface area contributed by atoms with Crippen molar-refractivity contribution < 1.29 is 33.4 Å². The molecule has 0 spiro atoms. The van der Waals surface area contributed by atoms with Crippen molar-refractivity contribution in [1.82, 2.24) is 40.4 Å². The van der Waals surface area contributed by atoms with Crippen LogP contribution in [0, 0.1) is 0 Å². The molecule has 0 aliphatic carbocycles. The Bertz CT molecular complexity index is 2190. The molecule has 0 bridgehead atoms. The van der Waals surface area contributed by atoms with Gasteiger partial charge in [-0.25, -0.2) is 19.6 Å². The summed E-state index contributed by atoms with van der Waals surface area (Å²) in [5.74, 6) is 1.67. The first-order chi connectivity index (χ1) is 25.2. The highest BCUT2D eigenvalue weighted by molar-refractivity contribution is 6.07. The third-order valence-corrected chi connectivity index (χ3v) is 9.86. The summed E-state index contributed by atoms with van der Waals surface area (Å²) in [7, 11) is 2.51. The normalized spacial score (nSPS) is 15.2. The Morgan fingerprint density at radius 2 is 1.81 bits per heavy atom. The van der Waals surface area contributed by atoms with Gasteiger partial charge in [-0.15, -0.1) is 0 Å². The molecule has 2 aliphatic heterocycles. The summed E-state index contributed by atoms with van der Waals surface area (Å²) in [6, 6.07) is 14.2. The summed E-state index contributed by atoms with van der Waals surface area (Å²) in [6.07, 6.45) is 1.98. The fourth-order valence-corrected chi connectivity index (χ4v) is 6.72. The Morgan fingerprint density at radius 1 is 1.02 bits per heavy atom. The van der Waals surface area contributed by atoms with E-state index in [1.54, 1.807) is 16.0 Å². The minimum absolute atomic E-state index is 0.0693. The maximum atomic E-state index is 13.0. The molecule has 1 saturated heterocycles. The monoisotopic (exact) mass is 708 g/mol. The van der Waals surface area contributed by atoms with Crippen LogP contribution in [0.3, 0.4) is 0 Å². The number of carbonyl (C=O) groups is 4. The average molecular weight is 709 g/mol. The third kappa shape index (κ3) is 6.56. The first-order valence-corrected chi connectivity index (χ1v) is 17.2. The molecule has 15 heteroatoms. The standard InChI is InChI=1S/C37H40N8O7/c1-5-20(2)45(33(47)17-40-37(49)51-4)18-31-41-27-9-7-21-13-26-24-8-6-22(12-23(24)19-52-30(26)14-25(21)34(27)43-31)28-15-38-35(42-28)29-10-11-44(29)32(46)16-39-36(48)50-3/h6-9,12-15,20,29H,5,10-11,16-19H2,1-4H3,(H,38,42)(H,39,48)(H,40,49)(H,41,43)/t20-,29?/m0/s1. The van der Waals surface area contributed by atoms with Crippen LogP contribution in [-0.4, -0.2) is 93.6 Å². The van der Waals surface area contributed by atoms with Crippen LogP contribution in [0.4, 0.5) is 9.59 Å². The lowest BCUT2D eigenvalue weighted by molar-refractivity contribution is -0.138. The molecule has 1 unspecified atom stereocenters. The zero-order valence-electron chi connectivity index (χ0n) is 29.4. The van der Waals surface area contributed by atoms with E-state index in [1.807, 2.05) is 38.1 Å². The molecule has 52 heavy (non-hydrogen) atoms. The van der Waals surface area contributed by atoms with Crippen LogP contribution < -0.4 is 15.4 Å². The number of fused-ring (bicyclic) bond motifs is 6. The number of hydrogen-bond donors (Lipinski definition) is 4. The number of rotatable bonds is 10. The molecule has 4 heterocycles. The number of alkyl carbamates (subject to hydrolysis) is 2. The number of likely N-dealkylation sites (tertiary alicyclic amines) is 1.